The predicted molar refractivity (Wildman–Crippen MR) is 193 cm³/mol. The lowest BCUT2D eigenvalue weighted by molar-refractivity contribution is 0.751. The summed E-state index contributed by atoms with van der Waals surface area (Å²) in [5.74, 6) is 0. The molecule has 1 atom stereocenters. The van der Waals surface area contributed by atoms with Crippen molar-refractivity contribution in [2.45, 2.75) is 6.04 Å². The number of rotatable bonds is 5. The fraction of sp³-hybridized carbons (Fsp3) is 0.0698. The van der Waals surface area contributed by atoms with E-state index in [1.807, 2.05) is 12.4 Å². The molecule has 0 aromatic heterocycles. The smallest absolute Gasteiger partial charge is 0.0705 e. The molecule has 5 aromatic rings. The quantitative estimate of drug-likeness (QED) is 0.187. The molecule has 3 heterocycles. The summed E-state index contributed by atoms with van der Waals surface area (Å²) in [7, 11) is 0. The molecule has 9 rings (SSSR count). The molecule has 0 amide bonds. The zero-order chi connectivity index (χ0) is 30.5. The van der Waals surface area contributed by atoms with Gasteiger partial charge in [-0.15, -0.1) is 0 Å². The number of nitrogens with one attached hydrogen (secondary N) is 3. The third-order valence-corrected chi connectivity index (χ3v) is 9.55. The molecule has 220 valence electrons. The van der Waals surface area contributed by atoms with Gasteiger partial charge in [-0.3, -0.25) is 0 Å². The van der Waals surface area contributed by atoms with E-state index >= 15 is 0 Å². The average Bonchev–Trinajstić information content (AvgIpc) is 3.47. The molecule has 3 N–H and O–H groups in total. The van der Waals surface area contributed by atoms with Gasteiger partial charge < -0.3 is 16.0 Å². The molecule has 0 spiro atoms. The van der Waals surface area contributed by atoms with E-state index in [1.54, 1.807) is 0 Å². The number of dihydropyridines is 3. The van der Waals surface area contributed by atoms with Gasteiger partial charge in [0.2, 0.25) is 0 Å². The predicted octanol–water partition coefficient (Wildman–Crippen LogP) is 9.15. The molecule has 3 heteroatoms. The Morgan fingerprint density at radius 2 is 1.17 bits per heavy atom. The molecule has 3 nitrogen and oxygen atoms in total. The average molecular weight is 592 g/mol. The van der Waals surface area contributed by atoms with Gasteiger partial charge >= 0.3 is 0 Å². The minimum atomic E-state index is 0.0967. The second kappa shape index (κ2) is 11.0. The second-order valence-electron chi connectivity index (χ2n) is 12.2. The molecule has 46 heavy (non-hydrogen) atoms. The molecular formula is C43H33N3. The fourth-order valence-corrected chi connectivity index (χ4v) is 7.32. The van der Waals surface area contributed by atoms with E-state index in [4.69, 9.17) is 0 Å². The third-order valence-electron chi connectivity index (χ3n) is 9.55. The summed E-state index contributed by atoms with van der Waals surface area (Å²) in [6.45, 7) is 1.68. The maximum absolute atomic E-state index is 3.79. The second-order valence-corrected chi connectivity index (χ2v) is 12.2. The normalized spacial score (nSPS) is 17.6. The highest BCUT2D eigenvalue weighted by molar-refractivity contribution is 6.18. The van der Waals surface area contributed by atoms with Crippen molar-refractivity contribution >= 4 is 16.3 Å². The number of allylic oxidation sites excluding steroid dienone is 3. The number of hydrogen-bond donors (Lipinski definition) is 3. The highest BCUT2D eigenvalue weighted by Crippen LogP contribution is 2.49. The van der Waals surface area contributed by atoms with Crippen molar-refractivity contribution in [2.75, 3.05) is 13.1 Å². The van der Waals surface area contributed by atoms with Crippen LogP contribution in [0.2, 0.25) is 0 Å². The summed E-state index contributed by atoms with van der Waals surface area (Å²) in [4.78, 5) is 0. The van der Waals surface area contributed by atoms with Gasteiger partial charge in [0.25, 0.3) is 0 Å². The van der Waals surface area contributed by atoms with E-state index in [1.165, 1.54) is 77.6 Å². The first-order valence-electron chi connectivity index (χ1n) is 16.1. The Morgan fingerprint density at radius 1 is 0.522 bits per heavy atom. The van der Waals surface area contributed by atoms with Crippen LogP contribution in [0.25, 0.3) is 60.9 Å². The maximum Gasteiger partial charge on any atom is 0.0705 e. The Labute approximate surface area is 269 Å². The van der Waals surface area contributed by atoms with Gasteiger partial charge in [0, 0.05) is 18.8 Å². The first kappa shape index (κ1) is 26.6. The van der Waals surface area contributed by atoms with Gasteiger partial charge in [-0.25, -0.2) is 0 Å². The molecule has 4 aliphatic rings. The lowest BCUT2D eigenvalue weighted by atomic mass is 9.90. The Morgan fingerprint density at radius 3 is 1.93 bits per heavy atom. The Balaban J connectivity index is 1.10. The zero-order valence-electron chi connectivity index (χ0n) is 25.4. The van der Waals surface area contributed by atoms with Crippen LogP contribution in [0.1, 0.15) is 5.56 Å². The molecular weight excluding hydrogens is 558 g/mol. The van der Waals surface area contributed by atoms with Crippen LogP contribution < -0.4 is 16.0 Å². The van der Waals surface area contributed by atoms with Crippen LogP contribution in [0.5, 0.6) is 0 Å². The summed E-state index contributed by atoms with van der Waals surface area (Å²) in [5, 5.41) is 13.0. The van der Waals surface area contributed by atoms with Gasteiger partial charge in [0.05, 0.1) is 6.04 Å². The number of hydrogen-bond acceptors (Lipinski definition) is 3. The highest BCUT2D eigenvalue weighted by Gasteiger charge is 2.23. The largest absolute Gasteiger partial charge is 0.387 e. The van der Waals surface area contributed by atoms with E-state index in [9.17, 15) is 0 Å². The minimum Gasteiger partial charge on any atom is -0.387 e. The Bertz CT molecular complexity index is 2210. The van der Waals surface area contributed by atoms with Crippen molar-refractivity contribution in [1.82, 2.24) is 16.0 Å². The summed E-state index contributed by atoms with van der Waals surface area (Å²) in [6, 6.07) is 38.2. The monoisotopic (exact) mass is 591 g/mol. The van der Waals surface area contributed by atoms with E-state index in [2.05, 4.69) is 156 Å². The highest BCUT2D eigenvalue weighted by atomic mass is 14.9. The van der Waals surface area contributed by atoms with E-state index < -0.39 is 0 Å². The van der Waals surface area contributed by atoms with Crippen molar-refractivity contribution in [3.63, 3.8) is 0 Å². The standard InChI is InChI=1S/C43H33N3/c1-2-11-37-36(10-1)39-13-5-12-38-35(14-15-40(37)43(38)39)33-9-4-7-31(25-33)30-6-3-8-32(24-30)34-26-41(28-16-20-44-21-17-28)46-42(27-34)29-18-22-45-23-19-29/h1-20,22,24-27,41,44-46H,21,23H2. The van der Waals surface area contributed by atoms with Crippen LogP contribution in [-0.4, -0.2) is 19.1 Å². The van der Waals surface area contributed by atoms with Gasteiger partial charge in [0.15, 0.2) is 0 Å². The SMILES string of the molecule is C1=CC(C2=CC(c3cccc(-c4cccc(-c5ccc6c7c(cccc57)-c5ccccc5-6)c4)c3)=CC(C3=CCNC=C3)N2)=CCN1. The van der Waals surface area contributed by atoms with Gasteiger partial charge in [-0.05, 0) is 126 Å². The molecule has 0 radical (unpaired) electrons. The third kappa shape index (κ3) is 4.52. The number of fused-ring (bicyclic) bond motifs is 3. The van der Waals surface area contributed by atoms with Crippen molar-refractivity contribution < 1.29 is 0 Å². The molecule has 1 unspecified atom stereocenters. The lowest BCUT2D eigenvalue weighted by Crippen LogP contribution is -2.33. The van der Waals surface area contributed by atoms with E-state index in [0.29, 0.717) is 0 Å². The van der Waals surface area contributed by atoms with Crippen molar-refractivity contribution in [3.8, 4) is 44.5 Å². The fourth-order valence-electron chi connectivity index (χ4n) is 7.32. The van der Waals surface area contributed by atoms with Gasteiger partial charge in [-0.1, -0.05) is 103 Å². The summed E-state index contributed by atoms with van der Waals surface area (Å²) >= 11 is 0. The lowest BCUT2D eigenvalue weighted by Gasteiger charge is -2.28. The molecule has 1 aliphatic carbocycles. The molecule has 3 aliphatic heterocycles. The number of benzene rings is 5. The van der Waals surface area contributed by atoms with Crippen molar-refractivity contribution in [1.29, 1.82) is 0 Å². The maximum atomic E-state index is 3.79. The van der Waals surface area contributed by atoms with Gasteiger partial charge in [-0.2, -0.15) is 0 Å². The Kier molecular flexibility index (Phi) is 6.34. The summed E-state index contributed by atoms with van der Waals surface area (Å²) < 4.78 is 0. The van der Waals surface area contributed by atoms with E-state index in [-0.39, 0.29) is 6.04 Å². The van der Waals surface area contributed by atoms with Crippen LogP contribution in [0.15, 0.2) is 169 Å². The minimum absolute atomic E-state index is 0.0967. The van der Waals surface area contributed by atoms with Crippen LogP contribution in [-0.2, 0) is 0 Å². The van der Waals surface area contributed by atoms with E-state index in [0.717, 1.165) is 18.8 Å². The molecule has 0 fully saturated rings. The molecule has 5 aromatic carbocycles. The van der Waals surface area contributed by atoms with Crippen molar-refractivity contribution in [3.05, 3.63) is 174 Å². The van der Waals surface area contributed by atoms with Crippen LogP contribution in [0.3, 0.4) is 0 Å². The first-order valence-corrected chi connectivity index (χ1v) is 16.1. The molecule has 0 saturated carbocycles. The van der Waals surface area contributed by atoms with Crippen LogP contribution in [0, 0.1) is 0 Å². The topological polar surface area (TPSA) is 36.1 Å². The van der Waals surface area contributed by atoms with Crippen LogP contribution >= 0.6 is 0 Å². The van der Waals surface area contributed by atoms with Gasteiger partial charge in [0.1, 0.15) is 0 Å². The Hall–Kier alpha value is -5.80. The van der Waals surface area contributed by atoms with Crippen molar-refractivity contribution in [2.24, 2.45) is 0 Å². The zero-order valence-corrected chi connectivity index (χ0v) is 25.4. The summed E-state index contributed by atoms with van der Waals surface area (Å²) in [6.07, 6.45) is 17.6. The molecule has 0 bridgehead atoms. The molecule has 0 saturated heterocycles. The summed E-state index contributed by atoms with van der Waals surface area (Å²) in [5.41, 5.74) is 16.3. The van der Waals surface area contributed by atoms with Crippen LogP contribution in [0.4, 0.5) is 0 Å². The first-order chi connectivity index (χ1) is 22.8.